The van der Waals surface area contributed by atoms with Gasteiger partial charge in [-0.05, 0) is 30.9 Å². The second kappa shape index (κ2) is 7.73. The summed E-state index contributed by atoms with van der Waals surface area (Å²) in [7, 11) is 0. The van der Waals surface area contributed by atoms with E-state index in [-0.39, 0.29) is 29.8 Å². The summed E-state index contributed by atoms with van der Waals surface area (Å²) in [6.07, 6.45) is 3.69. The van der Waals surface area contributed by atoms with E-state index in [1.54, 1.807) is 6.92 Å². The fourth-order valence-electron chi connectivity index (χ4n) is 4.66. The van der Waals surface area contributed by atoms with Gasteiger partial charge in [0.25, 0.3) is 5.56 Å². The number of carbonyl (C=O) groups excluding carboxylic acids is 2. The molecule has 0 bridgehead atoms. The van der Waals surface area contributed by atoms with Crippen molar-refractivity contribution in [2.75, 3.05) is 13.1 Å². The van der Waals surface area contributed by atoms with Gasteiger partial charge in [-0.25, -0.2) is 4.98 Å². The molecule has 2 heterocycles. The SMILES string of the molecule is CC(=O)N1C[C@@H]2CCC[C@H](NC(=O)CCc3nc4ccccc4[nH]c3=O)[C@@H]2C1. The summed E-state index contributed by atoms with van der Waals surface area (Å²) in [6.45, 7) is 3.15. The molecule has 2 aromatic rings. The number of nitrogens with zero attached hydrogens (tertiary/aromatic N) is 2. The summed E-state index contributed by atoms with van der Waals surface area (Å²) in [5.41, 5.74) is 1.57. The Labute approximate surface area is 163 Å². The van der Waals surface area contributed by atoms with Crippen LogP contribution in [0.2, 0.25) is 0 Å². The fourth-order valence-corrected chi connectivity index (χ4v) is 4.66. The zero-order valence-corrected chi connectivity index (χ0v) is 16.1. The predicted octanol–water partition coefficient (Wildman–Crippen LogP) is 1.62. The first-order valence-electron chi connectivity index (χ1n) is 10.0. The molecule has 1 saturated carbocycles. The summed E-state index contributed by atoms with van der Waals surface area (Å²) >= 11 is 0. The third kappa shape index (κ3) is 3.79. The standard InChI is InChI=1S/C21H26N4O3/c1-13(26)25-11-14-5-4-8-16(15(14)12-25)23-20(27)10-9-19-21(28)24-18-7-3-2-6-17(18)22-19/h2-3,6-7,14-16H,4-5,8-12H2,1H3,(H,23,27)(H,24,28)/t14-,15+,16-/m0/s1. The van der Waals surface area contributed by atoms with Crippen LogP contribution in [0, 0.1) is 11.8 Å². The Morgan fingerprint density at radius 1 is 1.25 bits per heavy atom. The zero-order chi connectivity index (χ0) is 19.7. The number of benzene rings is 1. The molecule has 2 aliphatic rings. The minimum Gasteiger partial charge on any atom is -0.353 e. The molecule has 7 nitrogen and oxygen atoms in total. The number of hydrogen-bond donors (Lipinski definition) is 2. The molecule has 1 aliphatic carbocycles. The minimum absolute atomic E-state index is 0.0544. The van der Waals surface area contributed by atoms with Crippen LogP contribution in [0.15, 0.2) is 29.1 Å². The maximum Gasteiger partial charge on any atom is 0.270 e. The van der Waals surface area contributed by atoms with Crippen LogP contribution < -0.4 is 10.9 Å². The molecule has 3 atom stereocenters. The lowest BCUT2D eigenvalue weighted by molar-refractivity contribution is -0.128. The van der Waals surface area contributed by atoms with Crippen LogP contribution in [0.3, 0.4) is 0 Å². The van der Waals surface area contributed by atoms with Crippen LogP contribution in [0.25, 0.3) is 11.0 Å². The van der Waals surface area contributed by atoms with E-state index in [0.29, 0.717) is 29.5 Å². The average Bonchev–Trinajstić information content (AvgIpc) is 3.12. The van der Waals surface area contributed by atoms with Crippen molar-refractivity contribution in [3.05, 3.63) is 40.3 Å². The van der Waals surface area contributed by atoms with Crippen LogP contribution in [-0.4, -0.2) is 45.8 Å². The van der Waals surface area contributed by atoms with Gasteiger partial charge in [-0.15, -0.1) is 0 Å². The van der Waals surface area contributed by atoms with Gasteiger partial charge in [0, 0.05) is 44.8 Å². The summed E-state index contributed by atoms with van der Waals surface area (Å²) in [5.74, 6) is 0.874. The Kier molecular flexibility index (Phi) is 5.15. The number of rotatable bonds is 4. The van der Waals surface area contributed by atoms with Gasteiger partial charge in [-0.2, -0.15) is 0 Å². The number of amides is 2. The number of carbonyl (C=O) groups is 2. The molecule has 2 amide bonds. The van der Waals surface area contributed by atoms with Crippen LogP contribution in [0.4, 0.5) is 0 Å². The van der Waals surface area contributed by atoms with Crippen molar-refractivity contribution in [1.82, 2.24) is 20.2 Å². The maximum absolute atomic E-state index is 12.5. The molecular formula is C21H26N4O3. The van der Waals surface area contributed by atoms with E-state index >= 15 is 0 Å². The Morgan fingerprint density at radius 2 is 2.07 bits per heavy atom. The summed E-state index contributed by atoms with van der Waals surface area (Å²) < 4.78 is 0. The molecular weight excluding hydrogens is 356 g/mol. The molecule has 0 radical (unpaired) electrons. The zero-order valence-electron chi connectivity index (χ0n) is 16.1. The van der Waals surface area contributed by atoms with Crippen molar-refractivity contribution < 1.29 is 9.59 Å². The topological polar surface area (TPSA) is 95.2 Å². The summed E-state index contributed by atoms with van der Waals surface area (Å²) in [6, 6.07) is 7.48. The number of H-pyrrole nitrogens is 1. The quantitative estimate of drug-likeness (QED) is 0.840. The van der Waals surface area contributed by atoms with Crippen molar-refractivity contribution in [1.29, 1.82) is 0 Å². The van der Waals surface area contributed by atoms with Crippen LogP contribution in [0.1, 0.15) is 38.3 Å². The number of nitrogens with one attached hydrogen (secondary N) is 2. The smallest absolute Gasteiger partial charge is 0.270 e. The van der Waals surface area contributed by atoms with Crippen LogP contribution in [-0.2, 0) is 16.0 Å². The highest BCUT2D eigenvalue weighted by Crippen LogP contribution is 2.36. The van der Waals surface area contributed by atoms with Gasteiger partial charge in [0.05, 0.1) is 11.0 Å². The van der Waals surface area contributed by atoms with Gasteiger partial charge in [0.2, 0.25) is 11.8 Å². The highest BCUT2D eigenvalue weighted by atomic mass is 16.2. The highest BCUT2D eigenvalue weighted by Gasteiger charge is 2.41. The lowest BCUT2D eigenvalue weighted by Crippen LogP contribution is -2.45. The third-order valence-electron chi connectivity index (χ3n) is 6.15. The lowest BCUT2D eigenvalue weighted by Gasteiger charge is -2.33. The van der Waals surface area contributed by atoms with E-state index in [1.165, 1.54) is 0 Å². The molecule has 1 aromatic carbocycles. The van der Waals surface area contributed by atoms with Crippen LogP contribution >= 0.6 is 0 Å². The van der Waals surface area contributed by atoms with E-state index in [0.717, 1.165) is 37.9 Å². The summed E-state index contributed by atoms with van der Waals surface area (Å²) in [5, 5.41) is 3.16. The van der Waals surface area contributed by atoms with Gasteiger partial charge in [0.15, 0.2) is 0 Å². The van der Waals surface area contributed by atoms with Crippen molar-refractivity contribution in [3.63, 3.8) is 0 Å². The van der Waals surface area contributed by atoms with Gasteiger partial charge in [-0.3, -0.25) is 14.4 Å². The Balaban J connectivity index is 1.37. The number of aryl methyl sites for hydroxylation is 1. The molecule has 28 heavy (non-hydrogen) atoms. The van der Waals surface area contributed by atoms with E-state index in [2.05, 4.69) is 15.3 Å². The number of aromatic nitrogens is 2. The first-order chi connectivity index (χ1) is 13.5. The van der Waals surface area contributed by atoms with Gasteiger partial charge < -0.3 is 15.2 Å². The van der Waals surface area contributed by atoms with E-state index in [9.17, 15) is 14.4 Å². The monoisotopic (exact) mass is 382 g/mol. The molecule has 1 aliphatic heterocycles. The molecule has 4 rings (SSSR count). The number of hydrogen-bond acceptors (Lipinski definition) is 4. The average molecular weight is 382 g/mol. The van der Waals surface area contributed by atoms with Crippen molar-refractivity contribution in [3.8, 4) is 0 Å². The maximum atomic E-state index is 12.5. The molecule has 148 valence electrons. The number of para-hydroxylation sites is 2. The molecule has 2 N–H and O–H groups in total. The highest BCUT2D eigenvalue weighted by molar-refractivity contribution is 5.77. The largest absolute Gasteiger partial charge is 0.353 e. The normalized spacial score (nSPS) is 24.2. The Bertz CT molecular complexity index is 954. The van der Waals surface area contributed by atoms with Crippen molar-refractivity contribution in [2.24, 2.45) is 11.8 Å². The van der Waals surface area contributed by atoms with E-state index in [4.69, 9.17) is 0 Å². The van der Waals surface area contributed by atoms with Gasteiger partial charge >= 0.3 is 0 Å². The van der Waals surface area contributed by atoms with E-state index in [1.807, 2.05) is 29.2 Å². The fraction of sp³-hybridized carbons (Fsp3) is 0.524. The molecule has 1 aromatic heterocycles. The number of fused-ring (bicyclic) bond motifs is 2. The number of likely N-dealkylation sites (tertiary alicyclic amines) is 1. The van der Waals surface area contributed by atoms with Gasteiger partial charge in [-0.1, -0.05) is 18.6 Å². The lowest BCUT2D eigenvalue weighted by atomic mass is 9.78. The molecule has 0 spiro atoms. The van der Waals surface area contributed by atoms with Gasteiger partial charge in [0.1, 0.15) is 5.69 Å². The first-order valence-corrected chi connectivity index (χ1v) is 10.0. The predicted molar refractivity (Wildman–Crippen MR) is 106 cm³/mol. The second-order valence-corrected chi connectivity index (χ2v) is 7.98. The minimum atomic E-state index is -0.239. The molecule has 1 saturated heterocycles. The second-order valence-electron chi connectivity index (χ2n) is 7.98. The Hall–Kier alpha value is -2.70. The first kappa shape index (κ1) is 18.7. The van der Waals surface area contributed by atoms with Crippen LogP contribution in [0.5, 0.6) is 0 Å². The van der Waals surface area contributed by atoms with E-state index < -0.39 is 0 Å². The Morgan fingerprint density at radius 3 is 2.89 bits per heavy atom. The summed E-state index contributed by atoms with van der Waals surface area (Å²) in [4.78, 5) is 45.6. The third-order valence-corrected chi connectivity index (χ3v) is 6.15. The molecule has 7 heteroatoms. The number of aromatic amines is 1. The van der Waals surface area contributed by atoms with Crippen molar-refractivity contribution >= 4 is 22.8 Å². The van der Waals surface area contributed by atoms with Crippen molar-refractivity contribution in [2.45, 2.75) is 45.1 Å². The molecule has 2 fully saturated rings. The molecule has 0 unspecified atom stereocenters.